The van der Waals surface area contributed by atoms with Crippen molar-refractivity contribution < 1.29 is 9.59 Å². The van der Waals surface area contributed by atoms with E-state index in [0.29, 0.717) is 22.9 Å². The van der Waals surface area contributed by atoms with Gasteiger partial charge in [-0.15, -0.1) is 11.3 Å². The average molecular weight is 499 g/mol. The average Bonchev–Trinajstić information content (AvgIpc) is 3.57. The maximum atomic E-state index is 13.3. The number of thiophene rings is 1. The first-order valence-electron chi connectivity index (χ1n) is 12.4. The Morgan fingerprint density at radius 2 is 1.86 bits per heavy atom. The van der Waals surface area contributed by atoms with Gasteiger partial charge in [-0.25, -0.2) is 9.97 Å². The molecule has 2 unspecified atom stereocenters. The van der Waals surface area contributed by atoms with Crippen LogP contribution >= 0.6 is 11.3 Å². The molecule has 0 saturated carbocycles. The van der Waals surface area contributed by atoms with Crippen molar-refractivity contribution in [1.29, 1.82) is 0 Å². The summed E-state index contributed by atoms with van der Waals surface area (Å²) in [5, 5.41) is 6.23. The largest absolute Gasteiger partial charge is 0.352 e. The first kappa shape index (κ1) is 21.8. The number of imide groups is 1. The fourth-order valence-corrected chi connectivity index (χ4v) is 6.80. The molecule has 182 valence electrons. The quantitative estimate of drug-likeness (QED) is 0.421. The molecule has 36 heavy (non-hydrogen) atoms. The number of para-hydroxylation sites is 1. The van der Waals surface area contributed by atoms with Crippen molar-refractivity contribution >= 4 is 55.4 Å². The van der Waals surface area contributed by atoms with Gasteiger partial charge in [0.25, 0.3) is 11.8 Å². The summed E-state index contributed by atoms with van der Waals surface area (Å²) in [4.78, 5) is 45.6. The van der Waals surface area contributed by atoms with Crippen LogP contribution in [0.3, 0.4) is 0 Å². The molecular weight excluding hydrogens is 472 g/mol. The number of carbonyl (C=O) groups excluding carboxylic acids is 2. The van der Waals surface area contributed by atoms with Gasteiger partial charge in [-0.3, -0.25) is 19.8 Å². The predicted molar refractivity (Wildman–Crippen MR) is 141 cm³/mol. The second-order valence-corrected chi connectivity index (χ2v) is 10.9. The van der Waals surface area contributed by atoms with Crippen LogP contribution in [-0.2, 0) is 9.59 Å². The lowest BCUT2D eigenvalue weighted by Gasteiger charge is -2.45. The van der Waals surface area contributed by atoms with Crippen LogP contribution in [0.15, 0.2) is 41.9 Å². The molecule has 7 rings (SSSR count). The molecule has 2 amide bonds. The lowest BCUT2D eigenvalue weighted by Crippen LogP contribution is -2.54. The number of aromatic nitrogens is 3. The zero-order valence-electron chi connectivity index (χ0n) is 20.0. The number of amides is 2. The summed E-state index contributed by atoms with van der Waals surface area (Å²) in [6.45, 7) is 4.28. The van der Waals surface area contributed by atoms with E-state index in [0.717, 1.165) is 71.5 Å². The minimum atomic E-state index is -0.405. The minimum absolute atomic E-state index is 0.209. The van der Waals surface area contributed by atoms with Gasteiger partial charge in [0.2, 0.25) is 0 Å². The molecule has 1 aromatic carbocycles. The molecule has 2 fully saturated rings. The van der Waals surface area contributed by atoms with Gasteiger partial charge in [0, 0.05) is 54.1 Å². The molecule has 3 aliphatic heterocycles. The second-order valence-electron chi connectivity index (χ2n) is 10.0. The molecule has 3 aliphatic rings. The Hall–Kier alpha value is -3.40. The van der Waals surface area contributed by atoms with Crippen LogP contribution in [0.5, 0.6) is 0 Å². The maximum absolute atomic E-state index is 13.3. The Morgan fingerprint density at radius 3 is 2.78 bits per heavy atom. The highest BCUT2D eigenvalue weighted by Gasteiger charge is 2.37. The summed E-state index contributed by atoms with van der Waals surface area (Å²) >= 11 is 1.57. The van der Waals surface area contributed by atoms with Gasteiger partial charge in [0.15, 0.2) is 0 Å². The van der Waals surface area contributed by atoms with Crippen LogP contribution in [0, 0.1) is 0 Å². The Bertz CT molecular complexity index is 1570. The molecule has 3 aromatic heterocycles. The standard InChI is InChI=1S/C27H26N6O2S/c1-32-9-10-33-8-6-15(12-16(33)14-32)24-29-20-5-3-2-4-18(20)23(30-24)22-21(25(34)31-26(22)35)19-13-28-27-17(19)7-11-36-27/h2-5,7,11,13,15-16,28H,6,8-10,12,14H2,1H3,(H,31,34,35). The third kappa shape index (κ3) is 3.42. The molecule has 0 bridgehead atoms. The lowest BCUT2D eigenvalue weighted by molar-refractivity contribution is -0.122. The van der Waals surface area contributed by atoms with E-state index in [1.807, 2.05) is 41.9 Å². The van der Waals surface area contributed by atoms with Crippen LogP contribution < -0.4 is 5.32 Å². The lowest BCUT2D eigenvalue weighted by atomic mass is 9.88. The molecule has 0 aliphatic carbocycles. The number of likely N-dealkylation sites (N-methyl/N-ethyl adjacent to an activating group) is 1. The Kier molecular flexibility index (Phi) is 5.06. The van der Waals surface area contributed by atoms with Crippen molar-refractivity contribution in [2.75, 3.05) is 33.2 Å². The van der Waals surface area contributed by atoms with Gasteiger partial charge < -0.3 is 9.88 Å². The number of nitrogens with zero attached hydrogens (tertiary/aromatic N) is 4. The summed E-state index contributed by atoms with van der Waals surface area (Å²) in [5.41, 5.74) is 2.79. The summed E-state index contributed by atoms with van der Waals surface area (Å²) < 4.78 is 0. The maximum Gasteiger partial charge on any atom is 0.261 e. The normalized spacial score (nSPS) is 23.6. The number of hydrogen-bond acceptors (Lipinski definition) is 7. The fourth-order valence-electron chi connectivity index (χ4n) is 6.03. The van der Waals surface area contributed by atoms with Crippen LogP contribution in [0.4, 0.5) is 0 Å². The van der Waals surface area contributed by atoms with E-state index in [2.05, 4.69) is 27.1 Å². The minimum Gasteiger partial charge on any atom is -0.352 e. The van der Waals surface area contributed by atoms with Crippen molar-refractivity contribution in [2.24, 2.45) is 0 Å². The highest BCUT2D eigenvalue weighted by molar-refractivity contribution is 7.16. The van der Waals surface area contributed by atoms with E-state index >= 15 is 0 Å². The van der Waals surface area contributed by atoms with Gasteiger partial charge in [0.05, 0.1) is 22.4 Å². The van der Waals surface area contributed by atoms with Crippen LogP contribution in [0.25, 0.3) is 32.3 Å². The topological polar surface area (TPSA) is 94.2 Å². The number of piperidine rings is 1. The number of rotatable bonds is 3. The van der Waals surface area contributed by atoms with Gasteiger partial charge in [-0.05, 0) is 43.9 Å². The number of piperazine rings is 1. The third-order valence-corrected chi connectivity index (χ3v) is 8.70. The highest BCUT2D eigenvalue weighted by atomic mass is 32.1. The number of aromatic amines is 1. The predicted octanol–water partition coefficient (Wildman–Crippen LogP) is 3.23. The van der Waals surface area contributed by atoms with E-state index in [9.17, 15) is 9.59 Å². The van der Waals surface area contributed by atoms with Crippen molar-refractivity contribution in [3.05, 3.63) is 59.0 Å². The van der Waals surface area contributed by atoms with Crippen molar-refractivity contribution in [2.45, 2.75) is 24.8 Å². The molecule has 4 aromatic rings. The number of H-pyrrole nitrogens is 1. The molecule has 9 heteroatoms. The number of fused-ring (bicyclic) bond motifs is 3. The van der Waals surface area contributed by atoms with Crippen LogP contribution in [0.1, 0.15) is 35.8 Å². The van der Waals surface area contributed by atoms with E-state index in [1.165, 1.54) is 0 Å². The summed E-state index contributed by atoms with van der Waals surface area (Å²) in [5.74, 6) is 0.189. The van der Waals surface area contributed by atoms with Gasteiger partial charge in [-0.2, -0.15) is 0 Å². The van der Waals surface area contributed by atoms with Gasteiger partial charge in [0.1, 0.15) is 10.7 Å². The first-order chi connectivity index (χ1) is 17.6. The van der Waals surface area contributed by atoms with E-state index < -0.39 is 5.91 Å². The Labute approximate surface area is 212 Å². The molecule has 8 nitrogen and oxygen atoms in total. The van der Waals surface area contributed by atoms with Gasteiger partial charge >= 0.3 is 0 Å². The number of nitrogens with one attached hydrogen (secondary N) is 2. The van der Waals surface area contributed by atoms with Crippen molar-refractivity contribution in [3.8, 4) is 0 Å². The SMILES string of the molecule is CN1CCN2CCC(c3nc(C4=C(c5c[nH]c6sccc56)C(=O)NC4=O)c4ccccc4n3)CC2C1. The van der Waals surface area contributed by atoms with Crippen LogP contribution in [-0.4, -0.2) is 75.8 Å². The summed E-state index contributed by atoms with van der Waals surface area (Å²) in [6, 6.07) is 10.2. The second kappa shape index (κ2) is 8.33. The fraction of sp³-hybridized carbons (Fsp3) is 0.333. The number of hydrogen-bond donors (Lipinski definition) is 2. The summed E-state index contributed by atoms with van der Waals surface area (Å²) in [7, 11) is 2.18. The molecule has 2 saturated heterocycles. The Balaban J connectivity index is 1.39. The third-order valence-electron chi connectivity index (χ3n) is 7.86. The molecule has 2 atom stereocenters. The van der Waals surface area contributed by atoms with E-state index in [-0.39, 0.29) is 11.8 Å². The van der Waals surface area contributed by atoms with E-state index in [1.54, 1.807) is 11.3 Å². The van der Waals surface area contributed by atoms with Crippen molar-refractivity contribution in [3.63, 3.8) is 0 Å². The van der Waals surface area contributed by atoms with Crippen LogP contribution in [0.2, 0.25) is 0 Å². The smallest absolute Gasteiger partial charge is 0.261 e. The zero-order chi connectivity index (χ0) is 24.4. The highest BCUT2D eigenvalue weighted by Crippen LogP contribution is 2.39. The first-order valence-corrected chi connectivity index (χ1v) is 13.3. The van der Waals surface area contributed by atoms with Gasteiger partial charge in [-0.1, -0.05) is 18.2 Å². The Morgan fingerprint density at radius 1 is 1.00 bits per heavy atom. The molecule has 6 heterocycles. The molecule has 0 spiro atoms. The molecule has 0 radical (unpaired) electrons. The zero-order valence-corrected chi connectivity index (χ0v) is 20.8. The monoisotopic (exact) mass is 498 g/mol. The number of benzene rings is 1. The summed E-state index contributed by atoms with van der Waals surface area (Å²) in [6.07, 6.45) is 3.79. The molecular formula is C27H26N6O2S. The number of carbonyl (C=O) groups is 2. The molecule has 2 N–H and O–H groups in total. The van der Waals surface area contributed by atoms with E-state index in [4.69, 9.17) is 9.97 Å². The van der Waals surface area contributed by atoms with Crippen molar-refractivity contribution in [1.82, 2.24) is 30.1 Å².